The van der Waals surface area contributed by atoms with Gasteiger partial charge >= 0.3 is 0 Å². The van der Waals surface area contributed by atoms with Crippen molar-refractivity contribution in [2.24, 2.45) is 5.73 Å². The number of morpholine rings is 1. The fourth-order valence-electron chi connectivity index (χ4n) is 2.20. The first-order valence-corrected chi connectivity index (χ1v) is 5.87. The molecule has 0 aliphatic carbocycles. The standard InChI is InChI=1S/C12H21N3O/c1-10(13)12-4-3-5-15(12)9-11-8-14(2)6-7-16-11/h3-5,10-11H,6-9,13H2,1-2H3. The van der Waals surface area contributed by atoms with Gasteiger partial charge in [-0.15, -0.1) is 0 Å². The summed E-state index contributed by atoms with van der Waals surface area (Å²) in [7, 11) is 2.14. The van der Waals surface area contributed by atoms with Crippen molar-refractivity contribution >= 4 is 0 Å². The quantitative estimate of drug-likeness (QED) is 0.825. The van der Waals surface area contributed by atoms with Crippen LogP contribution in [0.5, 0.6) is 0 Å². The first kappa shape index (κ1) is 11.6. The minimum Gasteiger partial charge on any atom is -0.374 e. The van der Waals surface area contributed by atoms with Gasteiger partial charge in [0.2, 0.25) is 0 Å². The molecule has 0 bridgehead atoms. The number of aromatic nitrogens is 1. The monoisotopic (exact) mass is 223 g/mol. The van der Waals surface area contributed by atoms with E-state index in [9.17, 15) is 0 Å². The Balaban J connectivity index is 2.00. The van der Waals surface area contributed by atoms with Crippen LogP contribution in [0, 0.1) is 0 Å². The third-order valence-corrected chi connectivity index (χ3v) is 3.07. The molecule has 0 radical (unpaired) electrons. The molecular formula is C12H21N3O. The zero-order chi connectivity index (χ0) is 11.5. The Morgan fingerprint density at radius 3 is 3.12 bits per heavy atom. The molecule has 2 N–H and O–H groups in total. The molecule has 2 rings (SSSR count). The lowest BCUT2D eigenvalue weighted by atomic mass is 10.2. The van der Waals surface area contributed by atoms with E-state index in [2.05, 4.69) is 28.8 Å². The van der Waals surface area contributed by atoms with Gasteiger partial charge in [0, 0.05) is 37.6 Å². The Bertz CT molecular complexity index is 335. The Kier molecular flexibility index (Phi) is 3.63. The van der Waals surface area contributed by atoms with Gasteiger partial charge in [-0.25, -0.2) is 0 Å². The highest BCUT2D eigenvalue weighted by Crippen LogP contribution is 2.13. The molecule has 4 nitrogen and oxygen atoms in total. The molecule has 0 aromatic carbocycles. The molecule has 16 heavy (non-hydrogen) atoms. The van der Waals surface area contributed by atoms with Gasteiger partial charge in [-0.3, -0.25) is 0 Å². The van der Waals surface area contributed by atoms with Gasteiger partial charge in [0.05, 0.1) is 12.7 Å². The smallest absolute Gasteiger partial charge is 0.0880 e. The van der Waals surface area contributed by atoms with E-state index in [0.717, 1.165) is 26.2 Å². The SMILES string of the molecule is CC(N)c1cccn1CC1CN(C)CCO1. The van der Waals surface area contributed by atoms with Gasteiger partial charge in [0.15, 0.2) is 0 Å². The molecule has 90 valence electrons. The summed E-state index contributed by atoms with van der Waals surface area (Å²) in [6.07, 6.45) is 2.36. The predicted molar refractivity (Wildman–Crippen MR) is 64.3 cm³/mol. The average molecular weight is 223 g/mol. The van der Waals surface area contributed by atoms with E-state index < -0.39 is 0 Å². The lowest BCUT2D eigenvalue weighted by Crippen LogP contribution is -2.42. The fraction of sp³-hybridized carbons (Fsp3) is 0.667. The number of nitrogens with zero attached hydrogens (tertiary/aromatic N) is 2. The molecule has 1 saturated heterocycles. The zero-order valence-corrected chi connectivity index (χ0v) is 10.1. The van der Waals surface area contributed by atoms with Crippen LogP contribution in [0.1, 0.15) is 18.7 Å². The van der Waals surface area contributed by atoms with Gasteiger partial charge < -0.3 is 19.9 Å². The van der Waals surface area contributed by atoms with Crippen LogP contribution in [0.15, 0.2) is 18.3 Å². The van der Waals surface area contributed by atoms with Gasteiger partial charge in [0.25, 0.3) is 0 Å². The summed E-state index contributed by atoms with van der Waals surface area (Å²) in [5.41, 5.74) is 7.10. The highest BCUT2D eigenvalue weighted by atomic mass is 16.5. The van der Waals surface area contributed by atoms with Crippen molar-refractivity contribution in [1.82, 2.24) is 9.47 Å². The largest absolute Gasteiger partial charge is 0.374 e. The van der Waals surface area contributed by atoms with Crippen LogP contribution < -0.4 is 5.73 Å². The number of ether oxygens (including phenoxy) is 1. The van der Waals surface area contributed by atoms with Crippen molar-refractivity contribution in [1.29, 1.82) is 0 Å². The zero-order valence-electron chi connectivity index (χ0n) is 10.1. The van der Waals surface area contributed by atoms with Gasteiger partial charge in [-0.2, -0.15) is 0 Å². The van der Waals surface area contributed by atoms with E-state index >= 15 is 0 Å². The third kappa shape index (κ3) is 2.64. The molecule has 1 aromatic rings. The molecule has 1 aromatic heterocycles. The third-order valence-electron chi connectivity index (χ3n) is 3.07. The number of nitrogens with two attached hydrogens (primary N) is 1. The van der Waals surface area contributed by atoms with Crippen molar-refractivity contribution in [2.45, 2.75) is 25.6 Å². The van der Waals surface area contributed by atoms with Gasteiger partial charge in [-0.1, -0.05) is 0 Å². The minimum atomic E-state index is 0.0799. The summed E-state index contributed by atoms with van der Waals surface area (Å²) < 4.78 is 7.96. The van der Waals surface area contributed by atoms with Crippen LogP contribution in [0.2, 0.25) is 0 Å². The van der Waals surface area contributed by atoms with Crippen LogP contribution in [-0.4, -0.2) is 42.3 Å². The maximum Gasteiger partial charge on any atom is 0.0880 e. The Morgan fingerprint density at radius 1 is 1.62 bits per heavy atom. The normalized spacial score (nSPS) is 24.6. The van der Waals surface area contributed by atoms with E-state index in [-0.39, 0.29) is 12.1 Å². The lowest BCUT2D eigenvalue weighted by molar-refractivity contribution is -0.0278. The molecule has 1 aliphatic heterocycles. The molecule has 0 saturated carbocycles. The number of hydrogen-bond acceptors (Lipinski definition) is 3. The van der Waals surface area contributed by atoms with Crippen molar-refractivity contribution in [3.8, 4) is 0 Å². The number of hydrogen-bond donors (Lipinski definition) is 1. The number of rotatable bonds is 3. The Labute approximate surface area is 97.0 Å². The summed E-state index contributed by atoms with van der Waals surface area (Å²) in [6, 6.07) is 4.21. The Morgan fingerprint density at radius 2 is 2.44 bits per heavy atom. The first-order chi connectivity index (χ1) is 7.66. The molecule has 4 heteroatoms. The molecule has 0 spiro atoms. The molecule has 1 aliphatic rings. The first-order valence-electron chi connectivity index (χ1n) is 5.87. The van der Waals surface area contributed by atoms with Gasteiger partial charge in [-0.05, 0) is 26.1 Å². The highest BCUT2D eigenvalue weighted by Gasteiger charge is 2.19. The predicted octanol–water partition coefficient (Wildman–Crippen LogP) is 0.838. The van der Waals surface area contributed by atoms with Crippen LogP contribution >= 0.6 is 0 Å². The number of likely N-dealkylation sites (N-methyl/N-ethyl adjacent to an activating group) is 1. The summed E-state index contributed by atoms with van der Waals surface area (Å²) in [5.74, 6) is 0. The van der Waals surface area contributed by atoms with Crippen LogP contribution in [0.25, 0.3) is 0 Å². The van der Waals surface area contributed by atoms with Crippen molar-refractivity contribution < 1.29 is 4.74 Å². The second kappa shape index (κ2) is 4.99. The second-order valence-corrected chi connectivity index (χ2v) is 4.63. The van der Waals surface area contributed by atoms with E-state index in [0.29, 0.717) is 0 Å². The van der Waals surface area contributed by atoms with E-state index in [1.165, 1.54) is 5.69 Å². The summed E-state index contributed by atoms with van der Waals surface area (Å²) in [5, 5.41) is 0. The van der Waals surface area contributed by atoms with Crippen molar-refractivity contribution in [3.05, 3.63) is 24.0 Å². The maximum atomic E-state index is 5.92. The highest BCUT2D eigenvalue weighted by molar-refractivity contribution is 5.10. The van der Waals surface area contributed by atoms with E-state index in [4.69, 9.17) is 10.5 Å². The molecule has 0 amide bonds. The lowest BCUT2D eigenvalue weighted by Gasteiger charge is -2.30. The van der Waals surface area contributed by atoms with E-state index in [1.807, 2.05) is 13.0 Å². The van der Waals surface area contributed by atoms with Crippen molar-refractivity contribution in [2.75, 3.05) is 26.7 Å². The topological polar surface area (TPSA) is 43.4 Å². The van der Waals surface area contributed by atoms with Crippen LogP contribution in [0.4, 0.5) is 0 Å². The Hall–Kier alpha value is -0.840. The molecule has 2 heterocycles. The van der Waals surface area contributed by atoms with Crippen molar-refractivity contribution in [3.63, 3.8) is 0 Å². The fourth-order valence-corrected chi connectivity index (χ4v) is 2.20. The molecular weight excluding hydrogens is 202 g/mol. The molecule has 1 fully saturated rings. The van der Waals surface area contributed by atoms with Gasteiger partial charge in [0.1, 0.15) is 0 Å². The van der Waals surface area contributed by atoms with E-state index in [1.54, 1.807) is 0 Å². The summed E-state index contributed by atoms with van der Waals surface area (Å²) in [4.78, 5) is 2.31. The molecule has 2 unspecified atom stereocenters. The minimum absolute atomic E-state index is 0.0799. The maximum absolute atomic E-state index is 5.92. The van der Waals surface area contributed by atoms with Crippen LogP contribution in [-0.2, 0) is 11.3 Å². The molecule has 2 atom stereocenters. The second-order valence-electron chi connectivity index (χ2n) is 4.63. The summed E-state index contributed by atoms with van der Waals surface area (Å²) in [6.45, 7) is 5.77. The summed E-state index contributed by atoms with van der Waals surface area (Å²) >= 11 is 0. The van der Waals surface area contributed by atoms with Crippen LogP contribution in [0.3, 0.4) is 0 Å². The average Bonchev–Trinajstić information content (AvgIpc) is 2.66.